The largest absolute Gasteiger partial charge is 0.337 e. The van der Waals surface area contributed by atoms with E-state index in [4.69, 9.17) is 11.6 Å². The number of carbonyl (C=O) groups is 1. The van der Waals surface area contributed by atoms with Gasteiger partial charge in [0.15, 0.2) is 0 Å². The summed E-state index contributed by atoms with van der Waals surface area (Å²) >= 11 is 6.10. The van der Waals surface area contributed by atoms with E-state index >= 15 is 0 Å². The fourth-order valence-electron chi connectivity index (χ4n) is 3.07. The molecule has 10 heteroatoms. The smallest absolute Gasteiger partial charge is 0.254 e. The number of rotatable bonds is 5. The Morgan fingerprint density at radius 1 is 1.11 bits per heavy atom. The maximum absolute atomic E-state index is 12.9. The van der Waals surface area contributed by atoms with E-state index < -0.39 is 10.0 Å². The van der Waals surface area contributed by atoms with Gasteiger partial charge >= 0.3 is 0 Å². The van der Waals surface area contributed by atoms with Crippen molar-refractivity contribution < 1.29 is 13.2 Å². The molecule has 2 aromatic rings. The van der Waals surface area contributed by atoms with Crippen LogP contribution in [0.5, 0.6) is 0 Å². The summed E-state index contributed by atoms with van der Waals surface area (Å²) in [6, 6.07) is 6.11. The molecule has 1 amide bonds. The van der Waals surface area contributed by atoms with Crippen LogP contribution in [0, 0.1) is 0 Å². The van der Waals surface area contributed by atoms with Crippen molar-refractivity contribution in [3.05, 3.63) is 47.2 Å². The summed E-state index contributed by atoms with van der Waals surface area (Å²) < 4.78 is 27.6. The normalized spacial score (nSPS) is 17.6. The molecule has 2 heterocycles. The number of carbonyl (C=O) groups excluding carboxylic acids is 1. The van der Waals surface area contributed by atoms with Crippen LogP contribution >= 0.6 is 11.6 Å². The molecule has 1 N–H and O–H groups in total. The third-order valence-corrected chi connectivity index (χ3v) is 6.77. The lowest BCUT2D eigenvalue weighted by atomic mass is 10.2. The maximum Gasteiger partial charge on any atom is 0.254 e. The molecule has 1 saturated heterocycles. The van der Waals surface area contributed by atoms with Crippen LogP contribution in [-0.4, -0.2) is 61.4 Å². The first-order valence-electron chi connectivity index (χ1n) is 9.07. The van der Waals surface area contributed by atoms with Crippen LogP contribution in [0.3, 0.4) is 0 Å². The first kappa shape index (κ1) is 19.1. The Hall–Kier alpha value is -2.23. The van der Waals surface area contributed by atoms with E-state index in [0.717, 1.165) is 12.8 Å². The second kappa shape index (κ2) is 7.65. The molecule has 1 aliphatic heterocycles. The summed E-state index contributed by atoms with van der Waals surface area (Å²) in [6.07, 6.45) is 5.02. The van der Waals surface area contributed by atoms with Gasteiger partial charge in [-0.05, 0) is 37.1 Å². The van der Waals surface area contributed by atoms with E-state index in [-0.39, 0.29) is 21.9 Å². The number of aromatic nitrogens is 2. The van der Waals surface area contributed by atoms with E-state index in [0.29, 0.717) is 37.7 Å². The second-order valence-corrected chi connectivity index (χ2v) is 8.96. The van der Waals surface area contributed by atoms with Gasteiger partial charge in [0.1, 0.15) is 4.90 Å². The van der Waals surface area contributed by atoms with Gasteiger partial charge in [-0.1, -0.05) is 11.6 Å². The van der Waals surface area contributed by atoms with Crippen molar-refractivity contribution in [1.29, 1.82) is 0 Å². The van der Waals surface area contributed by atoms with Gasteiger partial charge in [-0.25, -0.2) is 23.1 Å². The number of nitrogens with one attached hydrogen (secondary N) is 1. The molecule has 0 unspecified atom stereocenters. The average Bonchev–Trinajstić information content (AvgIpc) is 3.52. The van der Waals surface area contributed by atoms with E-state index in [1.807, 2.05) is 4.90 Å². The zero-order valence-electron chi connectivity index (χ0n) is 15.1. The molecule has 148 valence electrons. The van der Waals surface area contributed by atoms with Crippen LogP contribution in [0.4, 0.5) is 5.95 Å². The third-order valence-electron chi connectivity index (χ3n) is 4.77. The van der Waals surface area contributed by atoms with Crippen LogP contribution < -0.4 is 9.62 Å². The lowest BCUT2D eigenvalue weighted by Crippen LogP contribution is -2.49. The van der Waals surface area contributed by atoms with E-state index in [9.17, 15) is 13.2 Å². The zero-order valence-corrected chi connectivity index (χ0v) is 16.7. The second-order valence-electron chi connectivity index (χ2n) is 6.87. The number of anilines is 1. The molecule has 1 aromatic heterocycles. The van der Waals surface area contributed by atoms with Gasteiger partial charge in [-0.2, -0.15) is 0 Å². The summed E-state index contributed by atoms with van der Waals surface area (Å²) in [5.74, 6) is 0.425. The number of benzene rings is 1. The number of piperazine rings is 1. The predicted octanol–water partition coefficient (Wildman–Crippen LogP) is 1.53. The van der Waals surface area contributed by atoms with Crippen molar-refractivity contribution in [3.63, 3.8) is 0 Å². The molecule has 0 bridgehead atoms. The van der Waals surface area contributed by atoms with Gasteiger partial charge in [0, 0.05) is 50.2 Å². The Morgan fingerprint density at radius 2 is 1.79 bits per heavy atom. The minimum absolute atomic E-state index is 0.0336. The average molecular weight is 422 g/mol. The van der Waals surface area contributed by atoms with Crippen LogP contribution in [0.25, 0.3) is 0 Å². The summed E-state index contributed by atoms with van der Waals surface area (Å²) in [7, 11) is -3.74. The monoisotopic (exact) mass is 421 g/mol. The number of amides is 1. The van der Waals surface area contributed by atoms with Crippen LogP contribution in [0.1, 0.15) is 23.2 Å². The molecule has 4 rings (SSSR count). The zero-order chi connectivity index (χ0) is 19.7. The Balaban J connectivity index is 1.47. The molecule has 1 saturated carbocycles. The van der Waals surface area contributed by atoms with Crippen molar-refractivity contribution >= 4 is 33.5 Å². The molecule has 0 radical (unpaired) electrons. The molecule has 28 heavy (non-hydrogen) atoms. The summed E-state index contributed by atoms with van der Waals surface area (Å²) in [4.78, 5) is 25.0. The number of sulfonamides is 1. The number of halogens is 1. The third kappa shape index (κ3) is 4.11. The van der Waals surface area contributed by atoms with Crippen molar-refractivity contribution in [3.8, 4) is 0 Å². The lowest BCUT2D eigenvalue weighted by molar-refractivity contribution is 0.0746. The van der Waals surface area contributed by atoms with E-state index in [2.05, 4.69) is 14.7 Å². The van der Waals surface area contributed by atoms with Crippen LogP contribution in [0.2, 0.25) is 5.02 Å². The van der Waals surface area contributed by atoms with Gasteiger partial charge in [0.05, 0.1) is 5.02 Å². The minimum atomic E-state index is -3.74. The molecule has 2 fully saturated rings. The first-order valence-corrected chi connectivity index (χ1v) is 10.9. The SMILES string of the molecule is O=C(c1ccc(Cl)c(S(=O)(=O)NC2CC2)c1)N1CCN(c2ncccn2)CC1. The topological polar surface area (TPSA) is 95.5 Å². The Bertz CT molecular complexity index is 974. The molecular formula is C18H20ClN5O3S. The van der Waals surface area contributed by atoms with Crippen molar-refractivity contribution in [2.24, 2.45) is 0 Å². The molecule has 1 aliphatic carbocycles. The maximum atomic E-state index is 12.9. The highest BCUT2D eigenvalue weighted by molar-refractivity contribution is 7.89. The molecule has 0 spiro atoms. The van der Waals surface area contributed by atoms with Gasteiger partial charge in [-0.3, -0.25) is 4.79 Å². The Kier molecular flexibility index (Phi) is 5.22. The molecule has 0 atom stereocenters. The summed E-state index contributed by atoms with van der Waals surface area (Å²) in [5, 5.41) is 0.107. The highest BCUT2D eigenvalue weighted by Gasteiger charge is 2.30. The predicted molar refractivity (Wildman–Crippen MR) is 105 cm³/mol. The number of nitrogens with zero attached hydrogens (tertiary/aromatic N) is 4. The molecule has 8 nitrogen and oxygen atoms in total. The standard InChI is InChI=1S/C18H20ClN5O3S/c19-15-5-2-13(12-16(15)28(26,27)22-14-3-4-14)17(25)23-8-10-24(11-9-23)18-20-6-1-7-21-18/h1-2,5-7,12,14,22H,3-4,8-11H2. The van der Waals surface area contributed by atoms with Crippen molar-refractivity contribution in [2.45, 2.75) is 23.8 Å². The minimum Gasteiger partial charge on any atom is -0.337 e. The van der Waals surface area contributed by atoms with Crippen molar-refractivity contribution in [1.82, 2.24) is 19.6 Å². The van der Waals surface area contributed by atoms with E-state index in [1.165, 1.54) is 12.1 Å². The fourth-order valence-corrected chi connectivity index (χ4v) is 4.90. The number of hydrogen-bond donors (Lipinski definition) is 1. The Morgan fingerprint density at radius 3 is 2.43 bits per heavy atom. The quantitative estimate of drug-likeness (QED) is 0.786. The van der Waals surface area contributed by atoms with Gasteiger partial charge in [-0.15, -0.1) is 0 Å². The highest BCUT2D eigenvalue weighted by Crippen LogP contribution is 2.27. The summed E-state index contributed by atoms with van der Waals surface area (Å²) in [6.45, 7) is 2.22. The van der Waals surface area contributed by atoms with Crippen LogP contribution in [0.15, 0.2) is 41.6 Å². The van der Waals surface area contributed by atoms with Gasteiger partial charge in [0.2, 0.25) is 16.0 Å². The highest BCUT2D eigenvalue weighted by atomic mass is 35.5. The van der Waals surface area contributed by atoms with Gasteiger partial charge in [0.25, 0.3) is 5.91 Å². The summed E-state index contributed by atoms with van der Waals surface area (Å²) in [5.41, 5.74) is 0.310. The molecule has 2 aliphatic rings. The fraction of sp³-hybridized carbons (Fsp3) is 0.389. The Labute approximate surface area is 168 Å². The first-order chi connectivity index (χ1) is 13.4. The lowest BCUT2D eigenvalue weighted by Gasteiger charge is -2.34. The van der Waals surface area contributed by atoms with Crippen molar-refractivity contribution in [2.75, 3.05) is 31.1 Å². The molecule has 1 aromatic carbocycles. The van der Waals surface area contributed by atoms with Crippen LogP contribution in [-0.2, 0) is 10.0 Å². The van der Waals surface area contributed by atoms with E-state index in [1.54, 1.807) is 29.4 Å². The van der Waals surface area contributed by atoms with Gasteiger partial charge < -0.3 is 9.80 Å². The number of hydrogen-bond acceptors (Lipinski definition) is 6. The molecular weight excluding hydrogens is 402 g/mol.